The van der Waals surface area contributed by atoms with Gasteiger partial charge in [0.2, 0.25) is 0 Å². The van der Waals surface area contributed by atoms with Gasteiger partial charge in [-0.15, -0.1) is 0 Å². The van der Waals surface area contributed by atoms with E-state index in [0.717, 1.165) is 11.1 Å². The van der Waals surface area contributed by atoms with E-state index in [1.165, 1.54) is 4.57 Å². The molecule has 0 amide bonds. The van der Waals surface area contributed by atoms with Crippen LogP contribution >= 0.6 is 0 Å². The van der Waals surface area contributed by atoms with Crippen LogP contribution in [0.4, 0.5) is 5.82 Å². The second-order valence-corrected chi connectivity index (χ2v) is 6.03. The molecule has 0 bridgehead atoms. The normalized spacial score (nSPS) is 23.5. The molecule has 0 saturated carbocycles. The lowest BCUT2D eigenvalue weighted by Gasteiger charge is -2.17. The average Bonchev–Trinajstić information content (AvgIpc) is 2.93. The molecule has 1 fully saturated rings. The first-order valence-corrected chi connectivity index (χ1v) is 7.92. The molecule has 3 rings (SSSR count). The van der Waals surface area contributed by atoms with E-state index in [0.29, 0.717) is 19.6 Å². The molecule has 2 aromatic rings. The molecule has 7 heteroatoms. The van der Waals surface area contributed by atoms with E-state index in [9.17, 15) is 4.79 Å². The first kappa shape index (κ1) is 16.6. The summed E-state index contributed by atoms with van der Waals surface area (Å²) in [6, 6.07) is 9.70. The fraction of sp³-hybridized carbons (Fsp3) is 0.412. The Labute approximate surface area is 140 Å². The summed E-state index contributed by atoms with van der Waals surface area (Å²) in [6.45, 7) is 2.68. The summed E-state index contributed by atoms with van der Waals surface area (Å²) in [6.07, 6.45) is 1.49. The van der Waals surface area contributed by atoms with Crippen LogP contribution in [0, 0.1) is 6.92 Å². The van der Waals surface area contributed by atoms with Crippen LogP contribution in [0.1, 0.15) is 23.8 Å². The lowest BCUT2D eigenvalue weighted by Crippen LogP contribution is -2.33. The molecule has 2 unspecified atom stereocenters. The Morgan fingerprint density at radius 2 is 2.12 bits per heavy atom. The summed E-state index contributed by atoms with van der Waals surface area (Å²) in [5.41, 5.74) is 13.2. The topological polar surface area (TPSA) is 105 Å². The van der Waals surface area contributed by atoms with Gasteiger partial charge in [-0.05, 0) is 12.5 Å². The van der Waals surface area contributed by atoms with Gasteiger partial charge in [-0.1, -0.05) is 30.3 Å². The second-order valence-electron chi connectivity index (χ2n) is 6.03. The van der Waals surface area contributed by atoms with Crippen molar-refractivity contribution in [2.75, 3.05) is 12.3 Å². The third kappa shape index (κ3) is 3.64. The maximum absolute atomic E-state index is 12.0. The number of nitrogens with zero attached hydrogens (tertiary/aromatic N) is 2. The molecular weight excluding hydrogens is 308 g/mol. The maximum atomic E-state index is 12.0. The number of nitrogens with two attached hydrogens (primary N) is 2. The van der Waals surface area contributed by atoms with E-state index in [4.69, 9.17) is 20.9 Å². The van der Waals surface area contributed by atoms with Gasteiger partial charge in [-0.25, -0.2) is 4.79 Å². The zero-order chi connectivity index (χ0) is 17.1. The zero-order valence-corrected chi connectivity index (χ0v) is 13.6. The minimum Gasteiger partial charge on any atom is -0.383 e. The number of ether oxygens (including phenoxy) is 2. The summed E-state index contributed by atoms with van der Waals surface area (Å²) in [7, 11) is 0. The fourth-order valence-corrected chi connectivity index (χ4v) is 2.74. The number of hydrogen-bond donors (Lipinski definition) is 2. The van der Waals surface area contributed by atoms with Crippen LogP contribution in [0.3, 0.4) is 0 Å². The highest BCUT2D eigenvalue weighted by Gasteiger charge is 2.34. The molecule has 3 atom stereocenters. The van der Waals surface area contributed by atoms with Crippen LogP contribution in [-0.2, 0) is 16.1 Å². The van der Waals surface area contributed by atoms with Crippen molar-refractivity contribution in [3.05, 3.63) is 58.1 Å². The van der Waals surface area contributed by atoms with E-state index < -0.39 is 11.9 Å². The Morgan fingerprint density at radius 3 is 2.88 bits per heavy atom. The van der Waals surface area contributed by atoms with Gasteiger partial charge in [-0.3, -0.25) is 4.57 Å². The molecule has 7 nitrogen and oxygen atoms in total. The van der Waals surface area contributed by atoms with Gasteiger partial charge < -0.3 is 20.9 Å². The van der Waals surface area contributed by atoms with E-state index in [2.05, 4.69) is 4.98 Å². The number of anilines is 1. The van der Waals surface area contributed by atoms with Crippen molar-refractivity contribution in [2.24, 2.45) is 5.73 Å². The summed E-state index contributed by atoms with van der Waals surface area (Å²) < 4.78 is 13.1. The number of rotatable bonds is 5. The molecule has 1 saturated heterocycles. The summed E-state index contributed by atoms with van der Waals surface area (Å²) in [5, 5.41) is 0. The van der Waals surface area contributed by atoms with Crippen molar-refractivity contribution in [3.8, 4) is 0 Å². The third-order valence-electron chi connectivity index (χ3n) is 4.16. The Balaban J connectivity index is 1.60. The van der Waals surface area contributed by atoms with Crippen LogP contribution in [0.5, 0.6) is 0 Å². The molecule has 128 valence electrons. The minimum atomic E-state index is -0.440. The number of aryl methyl sites for hydroxylation is 1. The van der Waals surface area contributed by atoms with Crippen molar-refractivity contribution >= 4 is 5.82 Å². The Morgan fingerprint density at radius 1 is 1.38 bits per heavy atom. The number of benzene rings is 1. The zero-order valence-electron chi connectivity index (χ0n) is 13.6. The largest absolute Gasteiger partial charge is 0.383 e. The van der Waals surface area contributed by atoms with Gasteiger partial charge in [0.05, 0.1) is 19.3 Å². The van der Waals surface area contributed by atoms with Gasteiger partial charge in [0, 0.05) is 24.2 Å². The molecule has 24 heavy (non-hydrogen) atoms. The predicted octanol–water partition coefficient (Wildman–Crippen LogP) is 0.966. The molecule has 1 aromatic heterocycles. The van der Waals surface area contributed by atoms with E-state index >= 15 is 0 Å². The average molecular weight is 330 g/mol. The highest BCUT2D eigenvalue weighted by Crippen LogP contribution is 2.27. The molecule has 1 aromatic carbocycles. The summed E-state index contributed by atoms with van der Waals surface area (Å²) >= 11 is 0. The van der Waals surface area contributed by atoms with Crippen molar-refractivity contribution in [3.63, 3.8) is 0 Å². The van der Waals surface area contributed by atoms with E-state index in [1.807, 2.05) is 30.3 Å². The van der Waals surface area contributed by atoms with Gasteiger partial charge in [0.25, 0.3) is 0 Å². The Bertz CT molecular complexity index is 747. The highest BCUT2D eigenvalue weighted by atomic mass is 16.6. The standard InChI is InChI=1S/C17H22N4O3/c1-11-8-21(17(22)20-16(11)19)15-7-13(18)14(24-15)10-23-9-12-5-3-2-4-6-12/h2-6,8,13-15H,7,9-10,18H2,1H3,(H2,19,20,22)/t13-,14?,15?/m1/s1. The SMILES string of the molecule is Cc1cn(C2C[C@@H](N)C(COCc3ccccc3)O2)c(=O)nc1N. The minimum absolute atomic E-state index is 0.199. The Kier molecular flexibility index (Phi) is 4.94. The fourth-order valence-electron chi connectivity index (χ4n) is 2.74. The van der Waals surface area contributed by atoms with Crippen LogP contribution in [0.15, 0.2) is 41.3 Å². The maximum Gasteiger partial charge on any atom is 0.351 e. The van der Waals surface area contributed by atoms with Crippen LogP contribution in [-0.4, -0.2) is 28.3 Å². The molecule has 4 N–H and O–H groups in total. The first-order valence-electron chi connectivity index (χ1n) is 7.92. The molecule has 1 aliphatic heterocycles. The molecule has 0 radical (unpaired) electrons. The molecule has 2 heterocycles. The molecule has 0 spiro atoms. The van der Waals surface area contributed by atoms with Gasteiger partial charge in [-0.2, -0.15) is 4.98 Å². The third-order valence-corrected chi connectivity index (χ3v) is 4.16. The van der Waals surface area contributed by atoms with Crippen molar-refractivity contribution in [2.45, 2.75) is 38.3 Å². The van der Waals surface area contributed by atoms with Crippen molar-refractivity contribution < 1.29 is 9.47 Å². The van der Waals surface area contributed by atoms with E-state index in [-0.39, 0.29) is 18.0 Å². The van der Waals surface area contributed by atoms with Crippen molar-refractivity contribution in [1.29, 1.82) is 0 Å². The summed E-state index contributed by atoms with van der Waals surface area (Å²) in [4.78, 5) is 15.8. The van der Waals surface area contributed by atoms with Crippen LogP contribution < -0.4 is 17.2 Å². The molecular formula is C17H22N4O3. The quantitative estimate of drug-likeness (QED) is 0.846. The van der Waals surface area contributed by atoms with Crippen molar-refractivity contribution in [1.82, 2.24) is 9.55 Å². The van der Waals surface area contributed by atoms with Gasteiger partial charge >= 0.3 is 5.69 Å². The number of nitrogen functional groups attached to an aromatic ring is 1. The lowest BCUT2D eigenvalue weighted by atomic mass is 10.1. The number of hydrogen-bond acceptors (Lipinski definition) is 6. The number of aromatic nitrogens is 2. The van der Waals surface area contributed by atoms with Crippen LogP contribution in [0.25, 0.3) is 0 Å². The monoisotopic (exact) mass is 330 g/mol. The second kappa shape index (κ2) is 7.12. The lowest BCUT2D eigenvalue weighted by molar-refractivity contribution is -0.0488. The smallest absolute Gasteiger partial charge is 0.351 e. The Hall–Kier alpha value is -2.22. The van der Waals surface area contributed by atoms with E-state index in [1.54, 1.807) is 13.1 Å². The highest BCUT2D eigenvalue weighted by molar-refractivity contribution is 5.35. The first-order chi connectivity index (χ1) is 11.5. The predicted molar refractivity (Wildman–Crippen MR) is 90.2 cm³/mol. The van der Waals surface area contributed by atoms with Crippen LogP contribution in [0.2, 0.25) is 0 Å². The molecule has 0 aliphatic carbocycles. The van der Waals surface area contributed by atoms with Gasteiger partial charge in [0.15, 0.2) is 0 Å². The molecule has 1 aliphatic rings. The van der Waals surface area contributed by atoms with Gasteiger partial charge in [0.1, 0.15) is 12.0 Å². The summed E-state index contributed by atoms with van der Waals surface area (Å²) in [5.74, 6) is 0.237.